The van der Waals surface area contributed by atoms with Crippen LogP contribution in [-0.2, 0) is 34.5 Å². The molecule has 3 aromatic rings. The standard InChI is InChI=1S/C23H20N2O5S/c26-22-20-11-10-19(12-21(20)23(27)25-22)31(28,29)24-13-16-6-8-18(9-7-16)15-30-14-17-4-2-1-3-5-17/h1-12,24H,13-15H2,(H,25,26,27). The third kappa shape index (κ3) is 4.88. The quantitative estimate of drug-likeness (QED) is 0.529. The molecule has 2 N–H and O–H groups in total. The lowest BCUT2D eigenvalue weighted by Gasteiger charge is -2.09. The number of rotatable bonds is 8. The van der Waals surface area contributed by atoms with Crippen molar-refractivity contribution in [3.8, 4) is 0 Å². The van der Waals surface area contributed by atoms with E-state index >= 15 is 0 Å². The Morgan fingerprint density at radius 3 is 2.06 bits per heavy atom. The molecule has 3 aromatic carbocycles. The van der Waals surface area contributed by atoms with Gasteiger partial charge >= 0.3 is 0 Å². The van der Waals surface area contributed by atoms with E-state index in [1.54, 1.807) is 0 Å². The Labute approximate surface area is 180 Å². The van der Waals surface area contributed by atoms with Crippen LogP contribution in [0.5, 0.6) is 0 Å². The van der Waals surface area contributed by atoms with Crippen molar-refractivity contribution in [2.75, 3.05) is 0 Å². The highest BCUT2D eigenvalue weighted by Gasteiger charge is 2.28. The summed E-state index contributed by atoms with van der Waals surface area (Å²) in [6.45, 7) is 1.07. The van der Waals surface area contributed by atoms with E-state index in [4.69, 9.17) is 4.74 Å². The van der Waals surface area contributed by atoms with Crippen molar-refractivity contribution >= 4 is 21.8 Å². The van der Waals surface area contributed by atoms with Crippen LogP contribution < -0.4 is 10.0 Å². The van der Waals surface area contributed by atoms with Crippen molar-refractivity contribution in [2.24, 2.45) is 0 Å². The van der Waals surface area contributed by atoms with Crippen LogP contribution in [0.4, 0.5) is 0 Å². The summed E-state index contributed by atoms with van der Waals surface area (Å²) in [5.41, 5.74) is 3.10. The Balaban J connectivity index is 1.34. The Hall–Kier alpha value is -3.33. The third-order valence-corrected chi connectivity index (χ3v) is 6.29. The first kappa shape index (κ1) is 20.9. The van der Waals surface area contributed by atoms with Gasteiger partial charge in [-0.05, 0) is 34.9 Å². The molecule has 0 unspecified atom stereocenters. The molecule has 0 aliphatic carbocycles. The Morgan fingerprint density at radius 2 is 1.35 bits per heavy atom. The molecule has 1 aliphatic heterocycles. The van der Waals surface area contributed by atoms with E-state index < -0.39 is 21.8 Å². The molecule has 0 spiro atoms. The normalized spacial score (nSPS) is 13.2. The number of fused-ring (bicyclic) bond motifs is 1. The number of hydrogen-bond donors (Lipinski definition) is 2. The predicted molar refractivity (Wildman–Crippen MR) is 114 cm³/mol. The van der Waals surface area contributed by atoms with Crippen molar-refractivity contribution in [1.82, 2.24) is 10.0 Å². The first-order valence-electron chi connectivity index (χ1n) is 9.61. The molecule has 0 saturated carbocycles. The molecule has 0 fully saturated rings. The zero-order valence-corrected chi connectivity index (χ0v) is 17.3. The maximum absolute atomic E-state index is 12.6. The molecule has 8 heteroatoms. The summed E-state index contributed by atoms with van der Waals surface area (Å²) >= 11 is 0. The topological polar surface area (TPSA) is 102 Å². The smallest absolute Gasteiger partial charge is 0.258 e. The van der Waals surface area contributed by atoms with Gasteiger partial charge in [0.1, 0.15) is 0 Å². The summed E-state index contributed by atoms with van der Waals surface area (Å²) in [6, 6.07) is 21.2. The Bertz CT molecular complexity index is 1220. The number of hydrogen-bond acceptors (Lipinski definition) is 5. The van der Waals surface area contributed by atoms with Gasteiger partial charge in [0.05, 0.1) is 29.2 Å². The summed E-state index contributed by atoms with van der Waals surface area (Å²) in [7, 11) is -3.84. The first-order valence-corrected chi connectivity index (χ1v) is 11.1. The van der Waals surface area contributed by atoms with E-state index in [0.717, 1.165) is 16.7 Å². The number of sulfonamides is 1. The first-order chi connectivity index (χ1) is 14.9. The number of carbonyl (C=O) groups excluding carboxylic acids is 2. The lowest BCUT2D eigenvalue weighted by atomic mass is 10.1. The molecular weight excluding hydrogens is 416 g/mol. The van der Waals surface area contributed by atoms with E-state index in [0.29, 0.717) is 13.2 Å². The second-order valence-electron chi connectivity index (χ2n) is 7.11. The monoisotopic (exact) mass is 436 g/mol. The van der Waals surface area contributed by atoms with Gasteiger partial charge in [-0.15, -0.1) is 0 Å². The van der Waals surface area contributed by atoms with Crippen molar-refractivity contribution < 1.29 is 22.7 Å². The molecule has 0 radical (unpaired) electrons. The number of nitrogens with one attached hydrogen (secondary N) is 2. The van der Waals surface area contributed by atoms with Gasteiger partial charge in [0.15, 0.2) is 0 Å². The fourth-order valence-corrected chi connectivity index (χ4v) is 4.23. The van der Waals surface area contributed by atoms with Gasteiger partial charge in [-0.1, -0.05) is 54.6 Å². The molecule has 1 aliphatic rings. The molecule has 2 amide bonds. The van der Waals surface area contributed by atoms with Crippen molar-refractivity contribution in [1.29, 1.82) is 0 Å². The molecule has 0 atom stereocenters. The number of carbonyl (C=O) groups is 2. The van der Waals surface area contributed by atoms with Crippen LogP contribution in [0, 0.1) is 0 Å². The fourth-order valence-electron chi connectivity index (χ4n) is 3.19. The zero-order valence-electron chi connectivity index (χ0n) is 16.5. The van der Waals surface area contributed by atoms with Gasteiger partial charge < -0.3 is 4.74 Å². The van der Waals surface area contributed by atoms with Crippen LogP contribution in [0.25, 0.3) is 0 Å². The van der Waals surface area contributed by atoms with Gasteiger partial charge in [0.25, 0.3) is 11.8 Å². The van der Waals surface area contributed by atoms with Crippen LogP contribution in [0.2, 0.25) is 0 Å². The molecule has 7 nitrogen and oxygen atoms in total. The average molecular weight is 436 g/mol. The molecule has 0 bridgehead atoms. The van der Waals surface area contributed by atoms with Crippen molar-refractivity contribution in [2.45, 2.75) is 24.7 Å². The van der Waals surface area contributed by atoms with E-state index in [1.807, 2.05) is 54.6 Å². The van der Waals surface area contributed by atoms with Crippen LogP contribution in [0.15, 0.2) is 77.7 Å². The third-order valence-electron chi connectivity index (χ3n) is 4.89. The van der Waals surface area contributed by atoms with Crippen LogP contribution in [-0.4, -0.2) is 20.2 Å². The second kappa shape index (κ2) is 8.81. The second-order valence-corrected chi connectivity index (χ2v) is 8.88. The van der Waals surface area contributed by atoms with Gasteiger partial charge in [-0.2, -0.15) is 0 Å². The molecule has 31 heavy (non-hydrogen) atoms. The van der Waals surface area contributed by atoms with E-state index in [-0.39, 0.29) is 22.6 Å². The van der Waals surface area contributed by atoms with Crippen LogP contribution in [0.3, 0.4) is 0 Å². The maximum Gasteiger partial charge on any atom is 0.258 e. The predicted octanol–water partition coefficient (Wildman–Crippen LogP) is 2.77. The number of imide groups is 1. The summed E-state index contributed by atoms with van der Waals surface area (Å²) < 4.78 is 33.4. The minimum atomic E-state index is -3.84. The van der Waals surface area contributed by atoms with Gasteiger partial charge in [-0.3, -0.25) is 14.9 Å². The average Bonchev–Trinajstić information content (AvgIpc) is 3.07. The summed E-state index contributed by atoms with van der Waals surface area (Å²) in [5.74, 6) is -1.12. The van der Waals surface area contributed by atoms with Crippen LogP contribution in [0.1, 0.15) is 37.4 Å². The molecule has 0 aromatic heterocycles. The highest BCUT2D eigenvalue weighted by molar-refractivity contribution is 7.89. The summed E-state index contributed by atoms with van der Waals surface area (Å²) in [6.07, 6.45) is 0. The molecule has 0 saturated heterocycles. The Morgan fingerprint density at radius 1 is 0.742 bits per heavy atom. The minimum Gasteiger partial charge on any atom is -0.372 e. The number of benzene rings is 3. The molecular formula is C23H20N2O5S. The molecule has 1 heterocycles. The molecule has 4 rings (SSSR count). The van der Waals surface area contributed by atoms with Gasteiger partial charge in [-0.25, -0.2) is 13.1 Å². The lowest BCUT2D eigenvalue weighted by molar-refractivity contribution is 0.0879. The van der Waals surface area contributed by atoms with E-state index in [9.17, 15) is 18.0 Å². The summed E-state index contributed by atoms with van der Waals surface area (Å²) in [4.78, 5) is 23.3. The molecule has 158 valence electrons. The maximum atomic E-state index is 12.6. The fraction of sp³-hybridized carbons (Fsp3) is 0.130. The van der Waals surface area contributed by atoms with Crippen molar-refractivity contribution in [3.05, 3.63) is 101 Å². The van der Waals surface area contributed by atoms with Crippen molar-refractivity contribution in [3.63, 3.8) is 0 Å². The highest BCUT2D eigenvalue weighted by atomic mass is 32.2. The lowest BCUT2D eigenvalue weighted by Crippen LogP contribution is -2.23. The Kier molecular flexibility index (Phi) is 5.94. The SMILES string of the molecule is O=C1NC(=O)c2cc(S(=O)(=O)NCc3ccc(COCc4ccccc4)cc3)ccc21. The number of ether oxygens (including phenoxy) is 1. The van der Waals surface area contributed by atoms with Gasteiger partial charge in [0, 0.05) is 6.54 Å². The highest BCUT2D eigenvalue weighted by Crippen LogP contribution is 2.20. The minimum absolute atomic E-state index is 0.0627. The van der Waals surface area contributed by atoms with E-state index in [1.165, 1.54) is 18.2 Å². The van der Waals surface area contributed by atoms with E-state index in [2.05, 4.69) is 10.0 Å². The largest absolute Gasteiger partial charge is 0.372 e. The zero-order chi connectivity index (χ0) is 21.8. The van der Waals surface area contributed by atoms with Crippen LogP contribution >= 0.6 is 0 Å². The number of amides is 2. The summed E-state index contributed by atoms with van der Waals surface area (Å²) in [5, 5.41) is 2.14. The van der Waals surface area contributed by atoms with Gasteiger partial charge in [0.2, 0.25) is 10.0 Å².